The Morgan fingerprint density at radius 3 is 2.11 bits per heavy atom. The Kier molecular flexibility index (Phi) is 4.43. The molecule has 0 aliphatic carbocycles. The minimum Gasteiger partial charge on any atom is -0.271 e. The predicted molar refractivity (Wildman–Crippen MR) is 27.7 cm³/mol. The van der Waals surface area contributed by atoms with Gasteiger partial charge >= 0.3 is 0 Å². The van der Waals surface area contributed by atoms with Gasteiger partial charge in [-0.15, -0.1) is 0 Å². The van der Waals surface area contributed by atoms with Gasteiger partial charge in [0.1, 0.15) is 0 Å². The molecule has 0 saturated heterocycles. The van der Waals surface area contributed by atoms with E-state index in [-0.39, 0.29) is 6.42 Å². The van der Waals surface area contributed by atoms with E-state index in [4.69, 9.17) is 0 Å². The molecule has 0 amide bonds. The lowest BCUT2D eigenvalue weighted by atomic mass is 10.2. The first kappa shape index (κ1) is 8.71. The van der Waals surface area contributed by atoms with Gasteiger partial charge in [-0.2, -0.15) is 0 Å². The number of nitrogens with two attached hydrogens (primary N) is 1. The highest BCUT2D eigenvalue weighted by molar-refractivity contribution is 4.64. The number of hydrogen-bond donors (Lipinski definition) is 2. The minimum atomic E-state index is -2.59. The Bertz CT molecular complexity index is 68.8. The van der Waals surface area contributed by atoms with Crippen LogP contribution in [0.15, 0.2) is 0 Å². The van der Waals surface area contributed by atoms with E-state index in [1.165, 1.54) is 0 Å². The standard InChI is InChI=1S/C4H9F3N2/c5-2-1-3(9-8)4(6)7/h3-4,9H,1-2,8H2. The summed E-state index contributed by atoms with van der Waals surface area (Å²) in [7, 11) is 0. The first-order chi connectivity index (χ1) is 4.22. The molecule has 0 aromatic rings. The maximum absolute atomic E-state index is 11.6. The van der Waals surface area contributed by atoms with Crippen LogP contribution in [0, 0.1) is 0 Å². The van der Waals surface area contributed by atoms with Crippen molar-refractivity contribution in [3.63, 3.8) is 0 Å². The zero-order valence-corrected chi connectivity index (χ0v) is 4.78. The summed E-state index contributed by atoms with van der Waals surface area (Å²) >= 11 is 0. The molecule has 0 aliphatic rings. The Morgan fingerprint density at radius 1 is 1.44 bits per heavy atom. The topological polar surface area (TPSA) is 38.0 Å². The second kappa shape index (κ2) is 4.58. The summed E-state index contributed by atoms with van der Waals surface area (Å²) in [5, 5.41) is 0. The van der Waals surface area contributed by atoms with E-state index in [1.54, 1.807) is 0 Å². The van der Waals surface area contributed by atoms with Gasteiger partial charge in [-0.1, -0.05) is 0 Å². The number of hydrogen-bond acceptors (Lipinski definition) is 2. The van der Waals surface area contributed by atoms with Gasteiger partial charge in [-0.05, 0) is 6.42 Å². The van der Waals surface area contributed by atoms with Crippen LogP contribution in [0.25, 0.3) is 0 Å². The normalized spacial score (nSPS) is 14.3. The first-order valence-corrected chi connectivity index (χ1v) is 2.52. The highest BCUT2D eigenvalue weighted by atomic mass is 19.3. The average Bonchev–Trinajstić information content (AvgIpc) is 1.82. The SMILES string of the molecule is NNC(CCF)C(F)F. The van der Waals surface area contributed by atoms with Crippen molar-refractivity contribution in [2.24, 2.45) is 5.84 Å². The zero-order chi connectivity index (χ0) is 7.28. The predicted octanol–water partition coefficient (Wildman–Crippen LogP) is 0.443. The Balaban J connectivity index is 3.41. The number of nitrogens with one attached hydrogen (secondary N) is 1. The third-order valence-corrected chi connectivity index (χ3v) is 0.938. The third-order valence-electron chi connectivity index (χ3n) is 0.938. The maximum atomic E-state index is 11.6. The van der Waals surface area contributed by atoms with E-state index in [0.29, 0.717) is 0 Å². The molecular formula is C4H9F3N2. The molecule has 0 spiro atoms. The van der Waals surface area contributed by atoms with Crippen molar-refractivity contribution >= 4 is 0 Å². The summed E-state index contributed by atoms with van der Waals surface area (Å²) in [6.45, 7) is -0.779. The molecule has 9 heavy (non-hydrogen) atoms. The molecule has 0 heterocycles. The van der Waals surface area contributed by atoms with Gasteiger partial charge in [0, 0.05) is 0 Å². The molecule has 0 aromatic heterocycles. The first-order valence-electron chi connectivity index (χ1n) is 2.52. The number of halogens is 3. The smallest absolute Gasteiger partial charge is 0.255 e. The number of rotatable bonds is 4. The molecule has 5 heteroatoms. The molecule has 56 valence electrons. The molecule has 0 fully saturated rings. The highest BCUT2D eigenvalue weighted by Gasteiger charge is 2.17. The lowest BCUT2D eigenvalue weighted by molar-refractivity contribution is 0.0906. The van der Waals surface area contributed by atoms with Crippen molar-refractivity contribution in [2.45, 2.75) is 18.9 Å². The fourth-order valence-electron chi connectivity index (χ4n) is 0.400. The summed E-state index contributed by atoms with van der Waals surface area (Å²) in [5.74, 6) is 4.66. The van der Waals surface area contributed by atoms with Crippen LogP contribution in [-0.2, 0) is 0 Å². The molecule has 0 bridgehead atoms. The van der Waals surface area contributed by atoms with Gasteiger partial charge in [-0.25, -0.2) is 8.78 Å². The Hall–Kier alpha value is -0.290. The van der Waals surface area contributed by atoms with Crippen LogP contribution in [0.4, 0.5) is 13.2 Å². The molecule has 2 nitrogen and oxygen atoms in total. The van der Waals surface area contributed by atoms with Crippen molar-refractivity contribution in [3.05, 3.63) is 0 Å². The van der Waals surface area contributed by atoms with Gasteiger partial charge < -0.3 is 0 Å². The lowest BCUT2D eigenvalue weighted by Gasteiger charge is -2.11. The van der Waals surface area contributed by atoms with E-state index in [2.05, 4.69) is 5.84 Å². The molecule has 0 aliphatic heterocycles. The molecule has 1 unspecified atom stereocenters. The lowest BCUT2D eigenvalue weighted by Crippen LogP contribution is -2.40. The summed E-state index contributed by atoms with van der Waals surface area (Å²) in [6.07, 6.45) is -2.83. The highest BCUT2D eigenvalue weighted by Crippen LogP contribution is 2.03. The quantitative estimate of drug-likeness (QED) is 0.441. The second-order valence-corrected chi connectivity index (χ2v) is 1.59. The van der Waals surface area contributed by atoms with Crippen LogP contribution in [0.2, 0.25) is 0 Å². The van der Waals surface area contributed by atoms with E-state index in [0.717, 1.165) is 0 Å². The Morgan fingerprint density at radius 2 is 2.00 bits per heavy atom. The summed E-state index contributed by atoms with van der Waals surface area (Å²) in [5.41, 5.74) is 1.81. The molecule has 0 saturated carbocycles. The molecule has 1 atom stereocenters. The van der Waals surface area contributed by atoms with Crippen LogP contribution < -0.4 is 11.3 Å². The van der Waals surface area contributed by atoms with Crippen molar-refractivity contribution < 1.29 is 13.2 Å². The molecule has 0 aromatic carbocycles. The van der Waals surface area contributed by atoms with Crippen LogP contribution in [0.1, 0.15) is 6.42 Å². The Labute approximate surface area is 51.2 Å². The van der Waals surface area contributed by atoms with Crippen molar-refractivity contribution in [1.82, 2.24) is 5.43 Å². The summed E-state index contributed by atoms with van der Waals surface area (Å²) < 4.78 is 34.5. The van der Waals surface area contributed by atoms with E-state index in [1.807, 2.05) is 5.43 Å². The molecule has 0 radical (unpaired) electrons. The van der Waals surface area contributed by atoms with Gasteiger partial charge in [0.2, 0.25) is 0 Å². The van der Waals surface area contributed by atoms with Gasteiger partial charge in [-0.3, -0.25) is 15.7 Å². The third kappa shape index (κ3) is 3.31. The number of alkyl halides is 3. The largest absolute Gasteiger partial charge is 0.271 e. The van der Waals surface area contributed by atoms with Crippen molar-refractivity contribution in [3.8, 4) is 0 Å². The monoisotopic (exact) mass is 142 g/mol. The minimum absolute atomic E-state index is 0.242. The van der Waals surface area contributed by atoms with Crippen LogP contribution >= 0.6 is 0 Å². The van der Waals surface area contributed by atoms with Gasteiger partial charge in [0.25, 0.3) is 6.43 Å². The van der Waals surface area contributed by atoms with E-state index in [9.17, 15) is 13.2 Å². The van der Waals surface area contributed by atoms with Crippen molar-refractivity contribution in [1.29, 1.82) is 0 Å². The van der Waals surface area contributed by atoms with Gasteiger partial charge in [0.15, 0.2) is 0 Å². The average molecular weight is 142 g/mol. The fraction of sp³-hybridized carbons (Fsp3) is 1.00. The zero-order valence-electron chi connectivity index (χ0n) is 4.78. The summed E-state index contributed by atoms with van der Waals surface area (Å²) in [4.78, 5) is 0. The van der Waals surface area contributed by atoms with E-state index < -0.39 is 19.1 Å². The van der Waals surface area contributed by atoms with E-state index >= 15 is 0 Å². The van der Waals surface area contributed by atoms with Crippen LogP contribution in [0.5, 0.6) is 0 Å². The maximum Gasteiger partial charge on any atom is 0.255 e. The molecule has 0 rings (SSSR count). The second-order valence-electron chi connectivity index (χ2n) is 1.59. The fourth-order valence-corrected chi connectivity index (χ4v) is 0.400. The number of hydrazine groups is 1. The van der Waals surface area contributed by atoms with Gasteiger partial charge in [0.05, 0.1) is 12.7 Å². The van der Waals surface area contributed by atoms with Crippen LogP contribution in [0.3, 0.4) is 0 Å². The summed E-state index contributed by atoms with van der Waals surface area (Å²) in [6, 6.07) is -1.21. The molecular weight excluding hydrogens is 133 g/mol. The van der Waals surface area contributed by atoms with Crippen LogP contribution in [-0.4, -0.2) is 19.1 Å². The van der Waals surface area contributed by atoms with Crippen molar-refractivity contribution in [2.75, 3.05) is 6.67 Å². The molecule has 3 N–H and O–H groups in total.